The van der Waals surface area contributed by atoms with Crippen LogP contribution in [0.3, 0.4) is 0 Å². The van der Waals surface area contributed by atoms with Crippen molar-refractivity contribution in [2.75, 3.05) is 7.11 Å². The average Bonchev–Trinajstić information content (AvgIpc) is 2.69. The molecule has 2 saturated heterocycles. The molecule has 2 aliphatic rings. The Labute approximate surface area is 161 Å². The number of fused-ring (bicyclic) bond motifs is 2. The first-order chi connectivity index (χ1) is 13.1. The van der Waals surface area contributed by atoms with Gasteiger partial charge in [-0.3, -0.25) is 4.90 Å². The number of methoxy groups -OCH3 is 1. The lowest BCUT2D eigenvalue weighted by Gasteiger charge is -2.52. The maximum Gasteiger partial charge on any atom is 0.136 e. The van der Waals surface area contributed by atoms with Crippen molar-refractivity contribution < 1.29 is 9.84 Å². The number of ether oxygens (including phenoxy) is 1. The zero-order chi connectivity index (χ0) is 18.9. The maximum absolute atomic E-state index is 11.5. The van der Waals surface area contributed by atoms with Gasteiger partial charge in [0.25, 0.3) is 0 Å². The van der Waals surface area contributed by atoms with Gasteiger partial charge < -0.3 is 9.84 Å². The molecule has 140 valence electrons. The first-order valence-electron chi connectivity index (χ1n) is 9.73. The fourth-order valence-electron chi connectivity index (χ4n) is 4.89. The van der Waals surface area contributed by atoms with Crippen molar-refractivity contribution in [1.82, 2.24) is 4.90 Å². The van der Waals surface area contributed by atoms with Crippen LogP contribution in [0, 0.1) is 11.3 Å². The molecule has 0 aliphatic carbocycles. The Morgan fingerprint density at radius 1 is 1.15 bits per heavy atom. The number of rotatable bonds is 4. The molecule has 4 nitrogen and oxygen atoms in total. The third-order valence-corrected chi connectivity index (χ3v) is 6.22. The molecule has 2 aliphatic heterocycles. The summed E-state index contributed by atoms with van der Waals surface area (Å²) in [4.78, 5) is 2.59. The van der Waals surface area contributed by atoms with Crippen molar-refractivity contribution in [2.45, 2.75) is 56.3 Å². The Bertz CT molecular complexity index is 829. The molecule has 0 spiro atoms. The van der Waals surface area contributed by atoms with Crippen LogP contribution < -0.4 is 4.74 Å². The van der Waals surface area contributed by atoms with Crippen LogP contribution in [-0.2, 0) is 12.1 Å². The lowest BCUT2D eigenvalue weighted by molar-refractivity contribution is -0.0999. The summed E-state index contributed by atoms with van der Waals surface area (Å²) in [6.45, 7) is 0.943. The summed E-state index contributed by atoms with van der Waals surface area (Å²) in [5.41, 5.74) is 1.79. The predicted octanol–water partition coefficient (Wildman–Crippen LogP) is 3.97. The van der Waals surface area contributed by atoms with Gasteiger partial charge in [-0.1, -0.05) is 42.8 Å². The predicted molar refractivity (Wildman–Crippen MR) is 104 cm³/mol. The molecular weight excluding hydrogens is 336 g/mol. The van der Waals surface area contributed by atoms with E-state index in [2.05, 4.69) is 41.3 Å². The highest BCUT2D eigenvalue weighted by atomic mass is 16.5. The van der Waals surface area contributed by atoms with Crippen molar-refractivity contribution in [3.63, 3.8) is 0 Å². The van der Waals surface area contributed by atoms with Crippen LogP contribution in [0.1, 0.15) is 48.8 Å². The number of hydrogen-bond acceptors (Lipinski definition) is 4. The minimum absolute atomic E-state index is 0.371. The summed E-state index contributed by atoms with van der Waals surface area (Å²) in [6.07, 6.45) is 4.89. The highest BCUT2D eigenvalue weighted by molar-refractivity contribution is 5.47. The number of hydrogen-bond donors (Lipinski definition) is 1. The molecule has 4 heteroatoms. The fourth-order valence-corrected chi connectivity index (χ4v) is 4.89. The smallest absolute Gasteiger partial charge is 0.136 e. The van der Waals surface area contributed by atoms with E-state index < -0.39 is 5.60 Å². The van der Waals surface area contributed by atoms with Crippen LogP contribution in [0.25, 0.3) is 0 Å². The molecule has 2 atom stereocenters. The second kappa shape index (κ2) is 7.34. The molecule has 0 aromatic heterocycles. The van der Waals surface area contributed by atoms with E-state index in [9.17, 15) is 10.4 Å². The largest absolute Gasteiger partial charge is 0.495 e. The molecule has 0 amide bonds. The van der Waals surface area contributed by atoms with Gasteiger partial charge in [0.05, 0.1) is 18.3 Å². The molecule has 2 heterocycles. The third kappa shape index (κ3) is 3.45. The minimum Gasteiger partial charge on any atom is -0.495 e. The van der Waals surface area contributed by atoms with Gasteiger partial charge in [-0.25, -0.2) is 0 Å². The van der Waals surface area contributed by atoms with Crippen LogP contribution in [0.15, 0.2) is 48.5 Å². The van der Waals surface area contributed by atoms with E-state index in [0.717, 1.165) is 24.9 Å². The minimum atomic E-state index is -0.874. The molecular formula is C23H26N2O2. The number of piperidine rings is 2. The van der Waals surface area contributed by atoms with Crippen LogP contribution in [0.4, 0.5) is 0 Å². The topological polar surface area (TPSA) is 56.5 Å². The third-order valence-electron chi connectivity index (χ3n) is 6.22. The summed E-state index contributed by atoms with van der Waals surface area (Å²) in [7, 11) is 1.57. The average molecular weight is 362 g/mol. The van der Waals surface area contributed by atoms with Crippen LogP contribution in [0.2, 0.25) is 0 Å². The molecule has 0 radical (unpaired) electrons. The van der Waals surface area contributed by atoms with Gasteiger partial charge in [0.15, 0.2) is 0 Å². The monoisotopic (exact) mass is 362 g/mol. The Balaban J connectivity index is 1.60. The first kappa shape index (κ1) is 18.0. The molecule has 4 rings (SSSR count). The van der Waals surface area contributed by atoms with E-state index in [-0.39, 0.29) is 0 Å². The Kier molecular flexibility index (Phi) is 4.90. The highest BCUT2D eigenvalue weighted by Crippen LogP contribution is 2.45. The van der Waals surface area contributed by atoms with Gasteiger partial charge in [-0.15, -0.1) is 0 Å². The lowest BCUT2D eigenvalue weighted by atomic mass is 9.72. The van der Waals surface area contributed by atoms with Gasteiger partial charge in [0.2, 0.25) is 0 Å². The van der Waals surface area contributed by atoms with Crippen molar-refractivity contribution in [3.05, 3.63) is 65.2 Å². The Morgan fingerprint density at radius 2 is 1.85 bits per heavy atom. The van der Waals surface area contributed by atoms with Crippen LogP contribution >= 0.6 is 0 Å². The second-order valence-corrected chi connectivity index (χ2v) is 7.86. The SMILES string of the molecule is COc1ccc(C2(O)CC3CCCC(C2)N3Cc2ccccc2)cc1C#N. The summed E-state index contributed by atoms with van der Waals surface area (Å²) in [5, 5.41) is 20.9. The fraction of sp³-hybridized carbons (Fsp3) is 0.435. The number of nitrogens with zero attached hydrogens (tertiary/aromatic N) is 2. The normalized spacial score (nSPS) is 27.7. The van der Waals surface area contributed by atoms with Crippen molar-refractivity contribution in [2.24, 2.45) is 0 Å². The molecule has 2 unspecified atom stereocenters. The number of benzene rings is 2. The van der Waals surface area contributed by atoms with E-state index in [0.29, 0.717) is 36.2 Å². The molecule has 27 heavy (non-hydrogen) atoms. The van der Waals surface area contributed by atoms with Crippen molar-refractivity contribution >= 4 is 0 Å². The van der Waals surface area contributed by atoms with E-state index >= 15 is 0 Å². The maximum atomic E-state index is 11.5. The Morgan fingerprint density at radius 3 is 2.48 bits per heavy atom. The first-order valence-corrected chi connectivity index (χ1v) is 9.73. The summed E-state index contributed by atoms with van der Waals surface area (Å²) < 4.78 is 5.26. The quantitative estimate of drug-likeness (QED) is 0.894. The zero-order valence-corrected chi connectivity index (χ0v) is 15.8. The molecule has 2 bridgehead atoms. The van der Waals surface area contributed by atoms with E-state index in [1.54, 1.807) is 19.2 Å². The molecule has 2 aromatic carbocycles. The van der Waals surface area contributed by atoms with E-state index in [1.165, 1.54) is 12.0 Å². The second-order valence-electron chi connectivity index (χ2n) is 7.86. The number of nitriles is 1. The lowest BCUT2D eigenvalue weighted by Crippen LogP contribution is -2.56. The molecule has 1 N–H and O–H groups in total. The zero-order valence-electron chi connectivity index (χ0n) is 15.8. The van der Waals surface area contributed by atoms with E-state index in [4.69, 9.17) is 4.74 Å². The van der Waals surface area contributed by atoms with Gasteiger partial charge in [-0.2, -0.15) is 5.26 Å². The van der Waals surface area contributed by atoms with Crippen LogP contribution in [0.5, 0.6) is 5.75 Å². The van der Waals surface area contributed by atoms with E-state index in [1.807, 2.05) is 6.07 Å². The van der Waals surface area contributed by atoms with Crippen molar-refractivity contribution in [1.29, 1.82) is 5.26 Å². The van der Waals surface area contributed by atoms with Crippen molar-refractivity contribution in [3.8, 4) is 11.8 Å². The van der Waals surface area contributed by atoms with Gasteiger partial charge in [0.1, 0.15) is 11.8 Å². The standard InChI is InChI=1S/C23H26N2O2/c1-27-22-11-10-19(12-18(22)15-24)23(26)13-20-8-5-9-21(14-23)25(20)16-17-6-3-2-4-7-17/h2-4,6-7,10-12,20-21,26H,5,8-9,13-14,16H2,1H3. The van der Waals surface area contributed by atoms with Crippen LogP contribution in [-0.4, -0.2) is 29.2 Å². The van der Waals surface area contributed by atoms with Gasteiger partial charge in [0, 0.05) is 18.6 Å². The summed E-state index contributed by atoms with van der Waals surface area (Å²) in [5.74, 6) is 0.562. The van der Waals surface area contributed by atoms with Gasteiger partial charge >= 0.3 is 0 Å². The molecule has 2 fully saturated rings. The molecule has 2 aromatic rings. The van der Waals surface area contributed by atoms with Gasteiger partial charge in [-0.05, 0) is 48.9 Å². The summed E-state index contributed by atoms with van der Waals surface area (Å²) >= 11 is 0. The summed E-state index contributed by atoms with van der Waals surface area (Å²) in [6, 6.07) is 19.0. The highest BCUT2D eigenvalue weighted by Gasteiger charge is 2.46. The Hall–Kier alpha value is -2.35. The number of aliphatic hydroxyl groups is 1. The molecule has 0 saturated carbocycles.